The summed E-state index contributed by atoms with van der Waals surface area (Å²) in [5, 5.41) is 27.8. The van der Waals surface area contributed by atoms with Crippen LogP contribution in [-0.4, -0.2) is 185 Å². The van der Waals surface area contributed by atoms with Crippen LogP contribution in [0.2, 0.25) is 0 Å². The molecule has 3 aromatic rings. The maximum atomic E-state index is 13.2. The molecule has 12 amide bonds. The Hall–Kier alpha value is -7.41. The minimum Gasteiger partial charge on any atom is -0.396 e. The quantitative estimate of drug-likeness (QED) is 0.0817. The number of halogens is 3. The topological polar surface area (TPSA) is 327 Å². The van der Waals surface area contributed by atoms with Gasteiger partial charge in [-0.05, 0) is 137 Å². The standard InChI is InChI=1S/C19H21N3O5.C19H19N3O5.C13H9FN2O4.C6H13NO.CH2Cl2.CH5P/c2*23-10-11-5-7-21(8-6-11)12-1-2-13-14(9-12)19(27)22(18(13)26)15-3-4-16(24)20-17(15)25;14-6-1-2-7-8(5-6)13(20)16(12(7)19)9-3-4-10(17)15-11(9)18;8-5-6-1-3-7-4-2-6;2-1-3;1-2/h1-2,9,11,15,23H,3-8,10H2,(H,20,24,25);1-2,9-11,15H,3-8H2,(H,20,24,25);1-2,5,9H,3-4H2,(H,15,17,18);6-8H,1-5H2;1H2;2H2,1H3/i;;;;;1D. The van der Waals surface area contributed by atoms with Gasteiger partial charge in [0, 0.05) is 77.3 Å². The number of nitrogens with zero attached hydrogens (tertiary/aromatic N) is 5. The first-order valence-corrected chi connectivity index (χ1v) is 30.3. The van der Waals surface area contributed by atoms with E-state index in [1.165, 1.54) is 6.07 Å². The van der Waals surface area contributed by atoms with Crippen molar-refractivity contribution in [2.75, 3.05) is 74.3 Å². The number of aliphatic hydroxyl groups is 2. The fraction of sp³-hybridized carbons (Fsp3) is 0.475. The van der Waals surface area contributed by atoms with Gasteiger partial charge in [0.2, 0.25) is 35.4 Å². The van der Waals surface area contributed by atoms with Gasteiger partial charge in [-0.3, -0.25) is 88.2 Å². The number of carbonyl (C=O) groups is 13. The van der Waals surface area contributed by atoms with Crippen molar-refractivity contribution < 1.29 is 78.3 Å². The molecule has 6 saturated heterocycles. The normalized spacial score (nSPS) is 22.3. The smallest absolute Gasteiger partial charge is 0.262 e. The highest BCUT2D eigenvalue weighted by Gasteiger charge is 2.48. The molecule has 0 saturated carbocycles. The maximum Gasteiger partial charge on any atom is 0.262 e. The fourth-order valence-corrected chi connectivity index (χ4v) is 11.5. The van der Waals surface area contributed by atoms with Crippen LogP contribution in [0.3, 0.4) is 0 Å². The average Bonchev–Trinajstić information content (AvgIpc) is 1.83. The number of hydrogen-bond donors (Lipinski definition) is 6. The number of alkyl halides is 2. The van der Waals surface area contributed by atoms with Gasteiger partial charge in [0.05, 0.1) is 38.7 Å². The third-order valence-corrected chi connectivity index (χ3v) is 16.3. The molecule has 466 valence electrons. The van der Waals surface area contributed by atoms with Gasteiger partial charge in [0.25, 0.3) is 35.4 Å². The molecule has 6 N–H and O–H groups in total. The summed E-state index contributed by atoms with van der Waals surface area (Å²) in [7, 11) is 2.25. The first-order valence-electron chi connectivity index (χ1n) is 29.2. The first kappa shape index (κ1) is 65.6. The van der Waals surface area contributed by atoms with E-state index in [0.29, 0.717) is 49.3 Å². The zero-order valence-electron chi connectivity index (χ0n) is 48.4. The molecule has 0 radical (unpaired) electrons. The van der Waals surface area contributed by atoms with E-state index in [9.17, 15) is 71.8 Å². The van der Waals surface area contributed by atoms with Gasteiger partial charge >= 0.3 is 0 Å². The largest absolute Gasteiger partial charge is 0.396 e. The van der Waals surface area contributed by atoms with Gasteiger partial charge in [-0.15, -0.1) is 32.4 Å². The van der Waals surface area contributed by atoms with Gasteiger partial charge in [-0.2, -0.15) is 0 Å². The van der Waals surface area contributed by atoms with Crippen molar-refractivity contribution >= 4 is 121 Å². The summed E-state index contributed by atoms with van der Waals surface area (Å²) in [6.45, 7) is 6.14. The third kappa shape index (κ3) is 15.5. The molecule has 87 heavy (non-hydrogen) atoms. The Kier molecular flexibility index (Phi) is 23.3. The number of carbonyl (C=O) groups excluding carboxylic acids is 13. The molecule has 9 aliphatic heterocycles. The van der Waals surface area contributed by atoms with E-state index >= 15 is 0 Å². The molecular formula is C59H69Cl2FN9O15P. The summed E-state index contributed by atoms with van der Waals surface area (Å²) >= 11 is 9.53. The fourth-order valence-electron chi connectivity index (χ4n) is 11.5. The van der Waals surface area contributed by atoms with Crippen LogP contribution in [0, 0.1) is 23.6 Å². The lowest BCUT2D eigenvalue weighted by Gasteiger charge is -2.33. The molecule has 0 aliphatic carbocycles. The van der Waals surface area contributed by atoms with E-state index in [1.807, 2.05) is 6.07 Å². The first-order chi connectivity index (χ1) is 42.2. The Bertz CT molecular complexity index is 3210. The van der Waals surface area contributed by atoms with Crippen molar-refractivity contribution in [1.29, 1.82) is 0 Å². The van der Waals surface area contributed by atoms with E-state index in [4.69, 9.17) is 29.7 Å². The number of anilines is 2. The van der Waals surface area contributed by atoms with Crippen molar-refractivity contribution in [3.05, 3.63) is 93.8 Å². The van der Waals surface area contributed by atoms with Crippen LogP contribution in [0.4, 0.5) is 15.8 Å². The molecule has 0 aromatic heterocycles. The Morgan fingerprint density at radius 1 is 0.517 bits per heavy atom. The van der Waals surface area contributed by atoms with Crippen molar-refractivity contribution in [2.45, 2.75) is 95.2 Å². The minimum absolute atomic E-state index is 0.0537. The molecule has 24 nitrogen and oxygen atoms in total. The maximum absolute atomic E-state index is 13.2. The van der Waals surface area contributed by atoms with Crippen molar-refractivity contribution in [3.63, 3.8) is 0 Å². The van der Waals surface area contributed by atoms with Crippen LogP contribution in [0.5, 0.6) is 0 Å². The Morgan fingerprint density at radius 3 is 1.17 bits per heavy atom. The number of benzene rings is 3. The minimum atomic E-state index is -1.02. The van der Waals surface area contributed by atoms with Gasteiger partial charge in [-0.25, -0.2) is 4.39 Å². The number of nitrogens with one attached hydrogen (secondary N) is 4. The number of piperidine rings is 6. The monoisotopic (exact) mass is 1260 g/mol. The van der Waals surface area contributed by atoms with Gasteiger partial charge in [0.15, 0.2) is 0 Å². The molecule has 3 aromatic carbocycles. The number of fused-ring (bicyclic) bond motifs is 3. The summed E-state index contributed by atoms with van der Waals surface area (Å²) < 4.78 is 19.3. The second-order valence-corrected chi connectivity index (χ2v) is 22.3. The van der Waals surface area contributed by atoms with E-state index in [0.717, 1.165) is 109 Å². The Labute approximate surface area is 514 Å². The zero-order valence-corrected chi connectivity index (χ0v) is 50.1. The SMILES string of the molecule is ClCCl.O=C1CCC(N2C(=O)c3ccc(F)cc3C2=O)C(=O)N1.O=C1CCC(N2C(=O)c3ccc(N4CCC(CO)CC4)cc3C2=O)C(=O)N1.O=CC1CCN(c2ccc3c(c2)C(=O)N(C2CCC(=O)NC2=O)C3=O)CC1.OCC1CCNCC1.[2H]CP. The lowest BCUT2D eigenvalue weighted by Crippen LogP contribution is -2.54. The predicted octanol–water partition coefficient (Wildman–Crippen LogP) is 2.92. The molecule has 6 fully saturated rings. The highest BCUT2D eigenvalue weighted by atomic mass is 35.5. The number of amides is 12. The summed E-state index contributed by atoms with van der Waals surface area (Å²) in [6.07, 6.45) is 7.19. The molecule has 12 rings (SSSR count). The molecular weight excluding hydrogens is 1200 g/mol. The van der Waals surface area contributed by atoms with E-state index in [2.05, 4.69) is 40.3 Å². The number of imide groups is 6. The van der Waals surface area contributed by atoms with Gasteiger partial charge < -0.3 is 30.1 Å². The second kappa shape index (κ2) is 31.0. The molecule has 9 heterocycles. The average molecular weight is 1270 g/mol. The molecule has 4 atom stereocenters. The molecule has 0 spiro atoms. The highest BCUT2D eigenvalue weighted by molar-refractivity contribution is 7.15. The van der Waals surface area contributed by atoms with Crippen LogP contribution < -0.4 is 31.1 Å². The van der Waals surface area contributed by atoms with E-state index in [1.54, 1.807) is 30.3 Å². The molecule has 9 aliphatic rings. The van der Waals surface area contributed by atoms with Crippen LogP contribution in [0.1, 0.15) is 141 Å². The highest BCUT2D eigenvalue weighted by Crippen LogP contribution is 2.35. The number of aliphatic hydroxyl groups excluding tert-OH is 2. The molecule has 0 bridgehead atoms. The summed E-state index contributed by atoms with van der Waals surface area (Å²) in [6, 6.07) is 10.6. The summed E-state index contributed by atoms with van der Waals surface area (Å²) in [5.41, 5.74) is 2.84. The number of rotatable bonds is 8. The van der Waals surface area contributed by atoms with Crippen molar-refractivity contribution in [1.82, 2.24) is 36.0 Å². The Balaban J connectivity index is 0.000000171. The van der Waals surface area contributed by atoms with Crippen LogP contribution in [0.15, 0.2) is 54.6 Å². The van der Waals surface area contributed by atoms with E-state index in [-0.39, 0.29) is 84.5 Å². The zero-order chi connectivity index (χ0) is 63.9. The number of hydrogen-bond acceptors (Lipinski definition) is 18. The van der Waals surface area contributed by atoms with Crippen LogP contribution in [-0.2, 0) is 33.6 Å². The lowest BCUT2D eigenvalue weighted by atomic mass is 9.97. The van der Waals surface area contributed by atoms with Crippen molar-refractivity contribution in [2.24, 2.45) is 17.8 Å². The molecule has 28 heteroatoms. The van der Waals surface area contributed by atoms with Crippen LogP contribution in [0.25, 0.3) is 0 Å². The second-order valence-electron chi connectivity index (χ2n) is 21.5. The Morgan fingerprint density at radius 2 is 0.839 bits per heavy atom. The summed E-state index contributed by atoms with van der Waals surface area (Å²) in [5.74, 6) is -6.13. The van der Waals surface area contributed by atoms with Crippen LogP contribution >= 0.6 is 32.4 Å². The van der Waals surface area contributed by atoms with Gasteiger partial charge in [0.1, 0.15) is 30.2 Å². The number of aldehydes is 1. The summed E-state index contributed by atoms with van der Waals surface area (Å²) in [4.78, 5) is 163. The third-order valence-electron chi connectivity index (χ3n) is 16.3. The lowest BCUT2D eigenvalue weighted by molar-refractivity contribution is -0.137. The predicted molar refractivity (Wildman–Crippen MR) is 317 cm³/mol. The van der Waals surface area contributed by atoms with Gasteiger partial charge in [-0.1, -0.05) is 6.64 Å². The van der Waals surface area contributed by atoms with E-state index < -0.39 is 88.9 Å². The van der Waals surface area contributed by atoms with Crippen molar-refractivity contribution in [3.8, 4) is 0 Å². The molecule has 4 unspecified atom stereocenters.